The van der Waals surface area contributed by atoms with Gasteiger partial charge in [0, 0.05) is 11.8 Å². The van der Waals surface area contributed by atoms with Crippen molar-refractivity contribution < 1.29 is 8.42 Å². The highest BCUT2D eigenvalue weighted by atomic mass is 32.2. The Balaban J connectivity index is 2.28. The Morgan fingerprint density at radius 3 is 2.73 bits per heavy atom. The van der Waals surface area contributed by atoms with E-state index >= 15 is 0 Å². The lowest BCUT2D eigenvalue weighted by atomic mass is 10.1. The van der Waals surface area contributed by atoms with E-state index in [9.17, 15) is 8.42 Å². The van der Waals surface area contributed by atoms with E-state index in [2.05, 4.69) is 5.32 Å². The first-order chi connectivity index (χ1) is 7.14. The zero-order chi connectivity index (χ0) is 11.1. The van der Waals surface area contributed by atoms with E-state index in [4.69, 9.17) is 0 Å². The molecule has 0 aromatic rings. The predicted molar refractivity (Wildman–Crippen MR) is 63.8 cm³/mol. The molecule has 1 N–H and O–H groups in total. The molecule has 3 nitrogen and oxygen atoms in total. The Bertz CT molecular complexity index is 254. The molecular weight excluding hydrogens is 210 g/mol. The molecule has 1 saturated heterocycles. The summed E-state index contributed by atoms with van der Waals surface area (Å²) in [6.07, 6.45) is 6.43. The molecule has 0 aromatic carbocycles. The third-order valence-electron chi connectivity index (χ3n) is 2.95. The van der Waals surface area contributed by atoms with E-state index in [0.29, 0.717) is 17.5 Å². The highest BCUT2D eigenvalue weighted by Crippen LogP contribution is 2.12. The van der Waals surface area contributed by atoms with Gasteiger partial charge in [0.05, 0.1) is 5.75 Å². The first-order valence-corrected chi connectivity index (χ1v) is 7.90. The fourth-order valence-corrected chi connectivity index (χ4v) is 3.55. The Hall–Kier alpha value is -0.0900. The minimum absolute atomic E-state index is 0.347. The lowest BCUT2D eigenvalue weighted by Crippen LogP contribution is -2.30. The molecule has 90 valence electrons. The summed E-state index contributed by atoms with van der Waals surface area (Å²) in [5.74, 6) is 0.707. The summed E-state index contributed by atoms with van der Waals surface area (Å²) in [5.41, 5.74) is 0. The summed E-state index contributed by atoms with van der Waals surface area (Å²) < 4.78 is 23.1. The topological polar surface area (TPSA) is 46.2 Å². The summed E-state index contributed by atoms with van der Waals surface area (Å²) in [4.78, 5) is 0. The lowest BCUT2D eigenvalue weighted by molar-refractivity contribution is 0.492. The number of rotatable bonds is 5. The summed E-state index contributed by atoms with van der Waals surface area (Å²) in [6.45, 7) is 2.97. The van der Waals surface area contributed by atoms with Crippen LogP contribution in [-0.2, 0) is 9.84 Å². The van der Waals surface area contributed by atoms with E-state index in [1.165, 1.54) is 19.3 Å². The van der Waals surface area contributed by atoms with Crippen molar-refractivity contribution in [2.45, 2.75) is 51.5 Å². The fourth-order valence-electron chi connectivity index (χ4n) is 2.08. The highest BCUT2D eigenvalue weighted by molar-refractivity contribution is 7.91. The van der Waals surface area contributed by atoms with E-state index in [1.807, 2.05) is 6.92 Å². The van der Waals surface area contributed by atoms with Crippen molar-refractivity contribution in [3.8, 4) is 0 Å². The monoisotopic (exact) mass is 233 g/mol. The Kier molecular flexibility index (Phi) is 5.61. The second kappa shape index (κ2) is 6.48. The number of hydrogen-bond acceptors (Lipinski definition) is 3. The number of nitrogens with one attached hydrogen (secondary N) is 1. The van der Waals surface area contributed by atoms with Crippen molar-refractivity contribution in [2.75, 3.05) is 18.1 Å². The zero-order valence-corrected chi connectivity index (χ0v) is 10.5. The summed E-state index contributed by atoms with van der Waals surface area (Å²) in [6, 6.07) is 0.430. The number of sulfone groups is 1. The van der Waals surface area contributed by atoms with Gasteiger partial charge in [-0.3, -0.25) is 0 Å². The van der Waals surface area contributed by atoms with Crippen molar-refractivity contribution >= 4 is 9.84 Å². The van der Waals surface area contributed by atoms with Crippen LogP contribution in [0.15, 0.2) is 0 Å². The molecule has 4 heteroatoms. The SMILES string of the molecule is CCCS(=O)(=O)CCC1CCCCCN1. The van der Waals surface area contributed by atoms with Gasteiger partial charge in [0.25, 0.3) is 0 Å². The maximum Gasteiger partial charge on any atom is 0.150 e. The first-order valence-electron chi connectivity index (χ1n) is 6.08. The van der Waals surface area contributed by atoms with Crippen LogP contribution in [0.4, 0.5) is 0 Å². The van der Waals surface area contributed by atoms with Gasteiger partial charge < -0.3 is 5.32 Å². The largest absolute Gasteiger partial charge is 0.314 e. The second-order valence-corrected chi connectivity index (χ2v) is 6.74. The molecule has 0 amide bonds. The van der Waals surface area contributed by atoms with Gasteiger partial charge in [-0.25, -0.2) is 8.42 Å². The van der Waals surface area contributed by atoms with Crippen molar-refractivity contribution in [1.82, 2.24) is 5.32 Å². The normalized spacial score (nSPS) is 23.7. The second-order valence-electron chi connectivity index (χ2n) is 4.44. The minimum Gasteiger partial charge on any atom is -0.314 e. The molecule has 1 aliphatic heterocycles. The number of hydrogen-bond donors (Lipinski definition) is 1. The third-order valence-corrected chi connectivity index (χ3v) is 4.84. The quantitative estimate of drug-likeness (QED) is 0.786. The van der Waals surface area contributed by atoms with Gasteiger partial charge in [0.1, 0.15) is 9.84 Å². The average Bonchev–Trinajstić information content (AvgIpc) is 2.43. The predicted octanol–water partition coefficient (Wildman–Crippen LogP) is 1.73. The molecule has 1 atom stereocenters. The molecule has 0 saturated carbocycles. The average molecular weight is 233 g/mol. The van der Waals surface area contributed by atoms with Gasteiger partial charge in [-0.05, 0) is 32.2 Å². The van der Waals surface area contributed by atoms with Crippen LogP contribution in [0.5, 0.6) is 0 Å². The molecule has 15 heavy (non-hydrogen) atoms. The standard InChI is InChI=1S/C11H23NO2S/c1-2-9-15(13,14)10-7-11-6-4-3-5-8-12-11/h11-12H,2-10H2,1H3. The van der Waals surface area contributed by atoms with Crippen molar-refractivity contribution in [3.05, 3.63) is 0 Å². The van der Waals surface area contributed by atoms with Crippen LogP contribution < -0.4 is 5.32 Å². The zero-order valence-electron chi connectivity index (χ0n) is 9.67. The van der Waals surface area contributed by atoms with Crippen molar-refractivity contribution in [3.63, 3.8) is 0 Å². The Morgan fingerprint density at radius 2 is 2.00 bits per heavy atom. The molecule has 1 heterocycles. The van der Waals surface area contributed by atoms with Crippen LogP contribution in [0.1, 0.15) is 45.4 Å². The molecule has 0 spiro atoms. The van der Waals surface area contributed by atoms with Gasteiger partial charge in [-0.1, -0.05) is 19.8 Å². The van der Waals surface area contributed by atoms with Crippen LogP contribution in [-0.4, -0.2) is 32.5 Å². The summed E-state index contributed by atoms with van der Waals surface area (Å²) >= 11 is 0. The van der Waals surface area contributed by atoms with Gasteiger partial charge in [0.2, 0.25) is 0 Å². The smallest absolute Gasteiger partial charge is 0.150 e. The molecule has 1 fully saturated rings. The third kappa shape index (κ3) is 5.52. The maximum absolute atomic E-state index is 11.5. The van der Waals surface area contributed by atoms with Crippen molar-refractivity contribution in [2.24, 2.45) is 0 Å². The van der Waals surface area contributed by atoms with Crippen LogP contribution >= 0.6 is 0 Å². The molecule has 0 bridgehead atoms. The maximum atomic E-state index is 11.5. The molecule has 1 rings (SSSR count). The summed E-state index contributed by atoms with van der Waals surface area (Å²) in [7, 11) is -2.78. The van der Waals surface area contributed by atoms with E-state index in [0.717, 1.165) is 25.8 Å². The van der Waals surface area contributed by atoms with E-state index in [-0.39, 0.29) is 0 Å². The molecular formula is C11H23NO2S. The van der Waals surface area contributed by atoms with Gasteiger partial charge in [0.15, 0.2) is 0 Å². The molecule has 1 unspecified atom stereocenters. The fraction of sp³-hybridized carbons (Fsp3) is 1.00. The Labute approximate surface area is 93.6 Å². The van der Waals surface area contributed by atoms with Crippen molar-refractivity contribution in [1.29, 1.82) is 0 Å². The lowest BCUT2D eigenvalue weighted by Gasteiger charge is -2.15. The van der Waals surface area contributed by atoms with Gasteiger partial charge in [-0.2, -0.15) is 0 Å². The van der Waals surface area contributed by atoms with Crippen LogP contribution in [0.2, 0.25) is 0 Å². The molecule has 0 aromatic heterocycles. The minimum atomic E-state index is -2.78. The molecule has 0 radical (unpaired) electrons. The Morgan fingerprint density at radius 1 is 1.20 bits per heavy atom. The summed E-state index contributed by atoms with van der Waals surface area (Å²) in [5, 5.41) is 3.43. The van der Waals surface area contributed by atoms with Crippen LogP contribution in [0, 0.1) is 0 Å². The molecule has 0 aliphatic carbocycles. The van der Waals surface area contributed by atoms with E-state index < -0.39 is 9.84 Å². The van der Waals surface area contributed by atoms with Gasteiger partial charge >= 0.3 is 0 Å². The first kappa shape index (κ1) is 13.0. The molecule has 1 aliphatic rings. The van der Waals surface area contributed by atoms with Gasteiger partial charge in [-0.15, -0.1) is 0 Å². The van der Waals surface area contributed by atoms with Crippen LogP contribution in [0.25, 0.3) is 0 Å². The highest BCUT2D eigenvalue weighted by Gasteiger charge is 2.15. The van der Waals surface area contributed by atoms with Crippen LogP contribution in [0.3, 0.4) is 0 Å². The van der Waals surface area contributed by atoms with E-state index in [1.54, 1.807) is 0 Å².